The van der Waals surface area contributed by atoms with Crippen LogP contribution in [0.4, 0.5) is 0 Å². The molecule has 2 aromatic rings. The monoisotopic (exact) mass is 421 g/mol. The molecule has 0 bridgehead atoms. The van der Waals surface area contributed by atoms with Gasteiger partial charge in [-0.25, -0.2) is 4.79 Å². The van der Waals surface area contributed by atoms with Crippen LogP contribution in [0.3, 0.4) is 0 Å². The van der Waals surface area contributed by atoms with Crippen LogP contribution in [0.5, 0.6) is 5.75 Å². The molecule has 3 rings (SSSR count). The molecular formula is C19H20BrNO5. The Labute approximate surface area is 159 Å². The number of methoxy groups -OCH3 is 1. The molecule has 0 spiro atoms. The van der Waals surface area contributed by atoms with Crippen molar-refractivity contribution in [3.05, 3.63) is 63.6 Å². The third kappa shape index (κ3) is 3.76. The smallest absolute Gasteiger partial charge is 0.335 e. The lowest BCUT2D eigenvalue weighted by Crippen LogP contribution is -2.29. The predicted molar refractivity (Wildman–Crippen MR) is 99.1 cm³/mol. The molecule has 0 radical (unpaired) electrons. The molecule has 2 aromatic carbocycles. The number of β-amino-alcohol motifs (C(OH)–C–C–N with tert-alkyl or cyclic N) is 1. The highest BCUT2D eigenvalue weighted by molar-refractivity contribution is 9.10. The zero-order chi connectivity index (χ0) is 18.8. The number of nitrogens with zero attached hydrogens (tertiary/aromatic N) is 1. The minimum absolute atomic E-state index is 0.184. The summed E-state index contributed by atoms with van der Waals surface area (Å²) < 4.78 is 6.06. The first-order chi connectivity index (χ1) is 12.4. The van der Waals surface area contributed by atoms with E-state index < -0.39 is 18.3 Å². The molecule has 2 unspecified atom stereocenters. The Morgan fingerprint density at radius 2 is 2.08 bits per heavy atom. The van der Waals surface area contributed by atoms with E-state index in [0.29, 0.717) is 24.3 Å². The number of likely N-dealkylation sites (tertiary alicyclic amines) is 1. The van der Waals surface area contributed by atoms with E-state index in [0.717, 1.165) is 10.0 Å². The van der Waals surface area contributed by atoms with Gasteiger partial charge < -0.3 is 20.1 Å². The third-order valence-electron chi connectivity index (χ3n) is 4.62. The molecular weight excluding hydrogens is 402 g/mol. The second-order valence-electron chi connectivity index (χ2n) is 6.30. The Balaban J connectivity index is 1.92. The van der Waals surface area contributed by atoms with E-state index in [-0.39, 0.29) is 11.6 Å². The Morgan fingerprint density at radius 1 is 1.31 bits per heavy atom. The highest BCUT2D eigenvalue weighted by Crippen LogP contribution is 2.39. The zero-order valence-corrected chi connectivity index (χ0v) is 15.8. The van der Waals surface area contributed by atoms with Crippen LogP contribution >= 0.6 is 15.9 Å². The van der Waals surface area contributed by atoms with Crippen molar-refractivity contribution in [3.8, 4) is 5.75 Å². The maximum Gasteiger partial charge on any atom is 0.335 e. The van der Waals surface area contributed by atoms with Crippen molar-refractivity contribution in [1.29, 1.82) is 0 Å². The fourth-order valence-corrected chi connectivity index (χ4v) is 3.75. The lowest BCUT2D eigenvalue weighted by molar-refractivity contribution is -0.0130. The number of aliphatic hydroxyl groups excluding tert-OH is 2. The maximum absolute atomic E-state index is 11.2. The van der Waals surface area contributed by atoms with E-state index in [9.17, 15) is 20.1 Å². The highest BCUT2D eigenvalue weighted by atomic mass is 79.9. The molecule has 7 heteroatoms. The number of halogens is 1. The highest BCUT2D eigenvalue weighted by Gasteiger charge is 2.36. The Bertz CT molecular complexity index is 812. The van der Waals surface area contributed by atoms with Crippen LogP contribution < -0.4 is 4.74 Å². The molecule has 0 saturated carbocycles. The topological polar surface area (TPSA) is 90.2 Å². The number of aliphatic hydroxyl groups is 2. The van der Waals surface area contributed by atoms with Gasteiger partial charge in [0, 0.05) is 12.6 Å². The quantitative estimate of drug-likeness (QED) is 0.687. The van der Waals surface area contributed by atoms with Crippen LogP contribution in [-0.4, -0.2) is 45.9 Å². The van der Waals surface area contributed by atoms with Gasteiger partial charge >= 0.3 is 5.97 Å². The Kier molecular flexibility index (Phi) is 5.62. The van der Waals surface area contributed by atoms with Crippen LogP contribution in [-0.2, 0) is 0 Å². The van der Waals surface area contributed by atoms with Crippen LogP contribution in [0.15, 0.2) is 46.9 Å². The van der Waals surface area contributed by atoms with Crippen molar-refractivity contribution in [2.45, 2.75) is 24.8 Å². The van der Waals surface area contributed by atoms with E-state index in [2.05, 4.69) is 15.9 Å². The lowest BCUT2D eigenvalue weighted by atomic mass is 10.0. The molecule has 0 amide bonds. The first-order valence-electron chi connectivity index (χ1n) is 8.19. The summed E-state index contributed by atoms with van der Waals surface area (Å²) in [7, 11) is 1.55. The van der Waals surface area contributed by atoms with Gasteiger partial charge in [0.25, 0.3) is 0 Å². The summed E-state index contributed by atoms with van der Waals surface area (Å²) in [5.74, 6) is -0.402. The van der Waals surface area contributed by atoms with Crippen molar-refractivity contribution in [1.82, 2.24) is 4.90 Å². The summed E-state index contributed by atoms with van der Waals surface area (Å²) in [4.78, 5) is 13.0. The standard InChI is InChI=1S/C19H20BrNO5/c1-26-17-8-12(5-6-15(17)20)18(23)21-10-14(22)9-16(21)11-3-2-4-13(7-11)19(24)25/h2-8,14,16,18,22-23H,9-10H2,1H3,(H,24,25)/t14?,16-,18?/m1/s1. The first kappa shape index (κ1) is 18.8. The van der Waals surface area contributed by atoms with Gasteiger partial charge in [0.1, 0.15) is 12.0 Å². The van der Waals surface area contributed by atoms with Gasteiger partial charge in [-0.15, -0.1) is 0 Å². The van der Waals surface area contributed by atoms with E-state index in [4.69, 9.17) is 4.74 Å². The molecule has 26 heavy (non-hydrogen) atoms. The van der Waals surface area contributed by atoms with E-state index >= 15 is 0 Å². The average molecular weight is 422 g/mol. The van der Waals surface area contributed by atoms with Gasteiger partial charge in [-0.2, -0.15) is 0 Å². The van der Waals surface area contributed by atoms with Crippen LogP contribution in [0.2, 0.25) is 0 Å². The summed E-state index contributed by atoms with van der Waals surface area (Å²) in [5, 5.41) is 30.2. The van der Waals surface area contributed by atoms with Crippen LogP contribution in [0.1, 0.15) is 40.2 Å². The maximum atomic E-state index is 11.2. The minimum atomic E-state index is -1.00. The number of hydrogen-bond acceptors (Lipinski definition) is 5. The number of benzene rings is 2. The van der Waals surface area contributed by atoms with Crippen LogP contribution in [0, 0.1) is 0 Å². The molecule has 0 aliphatic carbocycles. The zero-order valence-electron chi connectivity index (χ0n) is 14.2. The number of carboxylic acids is 1. The third-order valence-corrected chi connectivity index (χ3v) is 5.28. The lowest BCUT2D eigenvalue weighted by Gasteiger charge is -2.30. The van der Waals surface area contributed by atoms with Gasteiger partial charge in [0.05, 0.1) is 23.2 Å². The van der Waals surface area contributed by atoms with Gasteiger partial charge in [-0.05, 0) is 57.7 Å². The molecule has 3 atom stereocenters. The summed E-state index contributed by atoms with van der Waals surface area (Å²) >= 11 is 3.39. The number of hydrogen-bond donors (Lipinski definition) is 3. The Hall–Kier alpha value is -1.93. The van der Waals surface area contributed by atoms with Crippen molar-refractivity contribution >= 4 is 21.9 Å². The molecule has 6 nitrogen and oxygen atoms in total. The second-order valence-corrected chi connectivity index (χ2v) is 7.15. The number of rotatable bonds is 5. The van der Waals surface area contributed by atoms with Crippen molar-refractivity contribution in [3.63, 3.8) is 0 Å². The van der Waals surface area contributed by atoms with Crippen molar-refractivity contribution in [2.75, 3.05) is 13.7 Å². The van der Waals surface area contributed by atoms with Crippen molar-refractivity contribution in [2.24, 2.45) is 0 Å². The van der Waals surface area contributed by atoms with Gasteiger partial charge in [0.15, 0.2) is 0 Å². The SMILES string of the molecule is COc1cc(C(O)N2CC(O)C[C@@H]2c2cccc(C(=O)O)c2)ccc1Br. The van der Waals surface area contributed by atoms with Crippen LogP contribution in [0.25, 0.3) is 0 Å². The largest absolute Gasteiger partial charge is 0.496 e. The molecule has 1 aliphatic heterocycles. The second kappa shape index (κ2) is 7.75. The number of ether oxygens (including phenoxy) is 1. The summed E-state index contributed by atoms with van der Waals surface area (Å²) in [6.07, 6.45) is -1.12. The number of carbonyl (C=O) groups is 1. The van der Waals surface area contributed by atoms with Gasteiger partial charge in [-0.3, -0.25) is 4.90 Å². The van der Waals surface area contributed by atoms with Crippen molar-refractivity contribution < 1.29 is 24.9 Å². The molecule has 1 heterocycles. The summed E-state index contributed by atoms with van der Waals surface area (Å²) in [6.45, 7) is 0.293. The summed E-state index contributed by atoms with van der Waals surface area (Å²) in [5.41, 5.74) is 1.58. The first-order valence-corrected chi connectivity index (χ1v) is 8.98. The molecule has 3 N–H and O–H groups in total. The van der Waals surface area contributed by atoms with Gasteiger partial charge in [-0.1, -0.05) is 18.2 Å². The fraction of sp³-hybridized carbons (Fsp3) is 0.316. The average Bonchev–Trinajstić information content (AvgIpc) is 3.03. The minimum Gasteiger partial charge on any atom is -0.496 e. The molecule has 1 saturated heterocycles. The van der Waals surface area contributed by atoms with E-state index in [1.165, 1.54) is 6.07 Å². The molecule has 1 fully saturated rings. The Morgan fingerprint density at radius 3 is 2.77 bits per heavy atom. The number of carboxylic acid groups (broad SMARTS) is 1. The van der Waals surface area contributed by atoms with Gasteiger partial charge in [0.2, 0.25) is 0 Å². The predicted octanol–water partition coefficient (Wildman–Crippen LogP) is 2.95. The summed E-state index contributed by atoms with van der Waals surface area (Å²) in [6, 6.07) is 11.6. The molecule has 138 valence electrons. The van der Waals surface area contributed by atoms with E-state index in [1.54, 1.807) is 42.3 Å². The number of aromatic carboxylic acids is 1. The molecule has 1 aliphatic rings. The fourth-order valence-electron chi connectivity index (χ4n) is 3.34. The normalized spacial score (nSPS) is 21.5. The van der Waals surface area contributed by atoms with E-state index in [1.807, 2.05) is 6.07 Å². The molecule has 0 aromatic heterocycles.